The lowest BCUT2D eigenvalue weighted by atomic mass is 10.0. The second kappa shape index (κ2) is 5.32. The minimum absolute atomic E-state index is 0.266. The lowest BCUT2D eigenvalue weighted by Gasteiger charge is -2.35. The largest absolute Gasteiger partial charge is 0.453 e. The van der Waals surface area contributed by atoms with E-state index >= 15 is 0 Å². The summed E-state index contributed by atoms with van der Waals surface area (Å²) < 4.78 is 4.71. The van der Waals surface area contributed by atoms with Gasteiger partial charge in [0.1, 0.15) is 0 Å². The lowest BCUT2D eigenvalue weighted by Crippen LogP contribution is -2.51. The molecule has 2 aliphatic rings. The number of hydrogen-bond acceptors (Lipinski definition) is 5. The summed E-state index contributed by atoms with van der Waals surface area (Å²) in [7, 11) is 1.31. The monoisotopic (exact) mass is 303 g/mol. The number of fused-ring (bicyclic) bond motifs is 1. The Kier molecular flexibility index (Phi) is 3.48. The minimum atomic E-state index is -0.444. The maximum atomic E-state index is 12.6. The predicted molar refractivity (Wildman–Crippen MR) is 78.4 cm³/mol. The maximum absolute atomic E-state index is 12.6. The van der Waals surface area contributed by atoms with E-state index in [1.54, 1.807) is 18.2 Å². The number of methoxy groups -OCH3 is 1. The summed E-state index contributed by atoms with van der Waals surface area (Å²) in [6.45, 7) is 0.854. The van der Waals surface area contributed by atoms with Crippen LogP contribution < -0.4 is 5.73 Å². The molecule has 7 nitrogen and oxygen atoms in total. The Morgan fingerprint density at radius 2 is 2.09 bits per heavy atom. The first kappa shape index (κ1) is 14.4. The Morgan fingerprint density at radius 1 is 1.32 bits per heavy atom. The van der Waals surface area contributed by atoms with Crippen molar-refractivity contribution >= 4 is 23.6 Å². The van der Waals surface area contributed by atoms with Crippen molar-refractivity contribution in [3.8, 4) is 0 Å². The van der Waals surface area contributed by atoms with Gasteiger partial charge in [-0.15, -0.1) is 0 Å². The molecule has 1 aromatic rings. The van der Waals surface area contributed by atoms with Crippen LogP contribution in [0, 0.1) is 0 Å². The number of carbonyl (C=O) groups excluding carboxylic acids is 3. The first-order chi connectivity index (χ1) is 10.5. The smallest absolute Gasteiger partial charge is 0.409 e. The first-order valence-corrected chi connectivity index (χ1v) is 7.14. The van der Waals surface area contributed by atoms with Crippen LogP contribution in [-0.2, 0) is 4.74 Å². The predicted octanol–water partition coefficient (Wildman–Crippen LogP) is 1.10. The fraction of sp³-hybridized carbons (Fsp3) is 0.400. The van der Waals surface area contributed by atoms with E-state index in [9.17, 15) is 14.4 Å². The van der Waals surface area contributed by atoms with Crippen molar-refractivity contribution in [1.82, 2.24) is 9.80 Å². The van der Waals surface area contributed by atoms with Gasteiger partial charge in [-0.05, 0) is 25.0 Å². The van der Waals surface area contributed by atoms with Crippen LogP contribution in [0.25, 0.3) is 0 Å². The normalized spacial score (nSPS) is 21.0. The molecule has 1 atom stereocenters. The summed E-state index contributed by atoms with van der Waals surface area (Å²) in [6.07, 6.45) is 0.933. The number of rotatable bonds is 1. The van der Waals surface area contributed by atoms with Crippen LogP contribution in [0.2, 0.25) is 0 Å². The molecule has 3 rings (SSSR count). The molecule has 0 radical (unpaired) electrons. The molecule has 22 heavy (non-hydrogen) atoms. The van der Waals surface area contributed by atoms with Gasteiger partial charge in [0.25, 0.3) is 11.8 Å². The molecule has 0 saturated carbocycles. The highest BCUT2D eigenvalue weighted by Crippen LogP contribution is 2.31. The molecule has 2 aliphatic heterocycles. The number of amides is 3. The van der Waals surface area contributed by atoms with Crippen molar-refractivity contribution in [2.75, 3.05) is 25.9 Å². The van der Waals surface area contributed by atoms with Gasteiger partial charge >= 0.3 is 6.09 Å². The van der Waals surface area contributed by atoms with Gasteiger partial charge in [0, 0.05) is 18.8 Å². The quantitative estimate of drug-likeness (QED) is 0.619. The summed E-state index contributed by atoms with van der Waals surface area (Å²) in [6, 6.07) is 4.52. The fourth-order valence-corrected chi connectivity index (χ4v) is 3.12. The van der Waals surface area contributed by atoms with Crippen LogP contribution in [0.3, 0.4) is 0 Å². The van der Waals surface area contributed by atoms with Crippen molar-refractivity contribution in [3.63, 3.8) is 0 Å². The van der Waals surface area contributed by atoms with Gasteiger partial charge in [0.05, 0.1) is 24.3 Å². The zero-order chi connectivity index (χ0) is 15.9. The molecule has 0 bridgehead atoms. The number of nitrogen functional groups attached to an aromatic ring is 1. The van der Waals surface area contributed by atoms with Crippen molar-refractivity contribution in [2.45, 2.75) is 18.9 Å². The number of nitrogens with two attached hydrogens (primary N) is 1. The van der Waals surface area contributed by atoms with E-state index in [2.05, 4.69) is 0 Å². The second-order valence-electron chi connectivity index (χ2n) is 5.46. The molecular weight excluding hydrogens is 286 g/mol. The van der Waals surface area contributed by atoms with Gasteiger partial charge < -0.3 is 15.4 Å². The molecule has 1 fully saturated rings. The third-order valence-corrected chi connectivity index (χ3v) is 4.17. The number of nitrogens with zero attached hydrogens (tertiary/aromatic N) is 2. The van der Waals surface area contributed by atoms with E-state index in [1.165, 1.54) is 16.9 Å². The summed E-state index contributed by atoms with van der Waals surface area (Å²) in [5.41, 5.74) is 6.73. The number of hydrogen-bond donors (Lipinski definition) is 1. The minimum Gasteiger partial charge on any atom is -0.453 e. The SMILES string of the molecule is COC(=O)N1CCC[C@H](N2C(=O)c3cccc(N)c3C2=O)C1. The lowest BCUT2D eigenvalue weighted by molar-refractivity contribution is 0.0461. The molecule has 2 N–H and O–H groups in total. The highest BCUT2D eigenvalue weighted by atomic mass is 16.5. The second-order valence-corrected chi connectivity index (χ2v) is 5.46. The van der Waals surface area contributed by atoms with Crippen LogP contribution in [-0.4, -0.2) is 53.9 Å². The van der Waals surface area contributed by atoms with E-state index in [-0.39, 0.29) is 30.0 Å². The highest BCUT2D eigenvalue weighted by molar-refractivity contribution is 6.23. The van der Waals surface area contributed by atoms with E-state index < -0.39 is 6.09 Å². The molecule has 0 aliphatic carbocycles. The molecule has 1 saturated heterocycles. The van der Waals surface area contributed by atoms with Gasteiger partial charge in [0.2, 0.25) is 0 Å². The van der Waals surface area contributed by atoms with E-state index in [1.807, 2.05) is 0 Å². The van der Waals surface area contributed by atoms with Gasteiger partial charge in [-0.1, -0.05) is 6.07 Å². The molecule has 1 aromatic carbocycles. The number of piperidine rings is 1. The van der Waals surface area contributed by atoms with Gasteiger partial charge in [-0.25, -0.2) is 4.79 Å². The van der Waals surface area contributed by atoms with Crippen molar-refractivity contribution < 1.29 is 19.1 Å². The number of imide groups is 1. The number of anilines is 1. The molecule has 0 unspecified atom stereocenters. The van der Waals surface area contributed by atoms with Crippen LogP contribution in [0.15, 0.2) is 18.2 Å². The first-order valence-electron chi connectivity index (χ1n) is 7.14. The average Bonchev–Trinajstić information content (AvgIpc) is 2.79. The molecule has 0 aromatic heterocycles. The molecule has 2 heterocycles. The number of carbonyl (C=O) groups is 3. The fourth-order valence-electron chi connectivity index (χ4n) is 3.12. The van der Waals surface area contributed by atoms with Crippen LogP contribution in [0.1, 0.15) is 33.6 Å². The van der Waals surface area contributed by atoms with Crippen LogP contribution in [0.5, 0.6) is 0 Å². The van der Waals surface area contributed by atoms with Crippen LogP contribution >= 0.6 is 0 Å². The third-order valence-electron chi connectivity index (χ3n) is 4.17. The number of likely N-dealkylation sites (tertiary alicyclic amines) is 1. The Labute approximate surface area is 127 Å². The summed E-state index contributed by atoms with van der Waals surface area (Å²) in [5, 5.41) is 0. The van der Waals surface area contributed by atoms with E-state index in [0.717, 1.165) is 0 Å². The molecule has 0 spiro atoms. The summed E-state index contributed by atoms with van der Waals surface area (Å²) in [5.74, 6) is -0.723. The van der Waals surface area contributed by atoms with Crippen molar-refractivity contribution in [3.05, 3.63) is 29.3 Å². The van der Waals surface area contributed by atoms with Crippen molar-refractivity contribution in [1.29, 1.82) is 0 Å². The molecule has 3 amide bonds. The Hall–Kier alpha value is -2.57. The Morgan fingerprint density at radius 3 is 2.77 bits per heavy atom. The zero-order valence-electron chi connectivity index (χ0n) is 12.2. The Balaban J connectivity index is 1.87. The van der Waals surface area contributed by atoms with Gasteiger partial charge in [-0.3, -0.25) is 14.5 Å². The molecule has 116 valence electrons. The average molecular weight is 303 g/mol. The summed E-state index contributed by atoms with van der Waals surface area (Å²) in [4.78, 5) is 39.5. The Bertz CT molecular complexity index is 658. The highest BCUT2D eigenvalue weighted by Gasteiger charge is 2.42. The molecular formula is C15H17N3O4. The standard InChI is InChI=1S/C15H17N3O4/c1-22-15(21)17-7-3-4-9(8-17)18-13(19)10-5-2-6-11(16)12(10)14(18)20/h2,5-6,9H,3-4,7-8,16H2,1H3/t9-/m0/s1. The molecule has 7 heteroatoms. The zero-order valence-corrected chi connectivity index (χ0v) is 12.2. The van der Waals surface area contributed by atoms with Crippen LogP contribution in [0.4, 0.5) is 10.5 Å². The number of benzene rings is 1. The van der Waals surface area contributed by atoms with Crippen molar-refractivity contribution in [2.24, 2.45) is 0 Å². The third kappa shape index (κ3) is 2.09. The summed E-state index contributed by atoms with van der Waals surface area (Å²) >= 11 is 0. The van der Waals surface area contributed by atoms with E-state index in [0.29, 0.717) is 30.6 Å². The maximum Gasteiger partial charge on any atom is 0.409 e. The number of ether oxygens (including phenoxy) is 1. The van der Waals surface area contributed by atoms with E-state index in [4.69, 9.17) is 10.5 Å². The topological polar surface area (TPSA) is 92.9 Å². The van der Waals surface area contributed by atoms with Gasteiger partial charge in [-0.2, -0.15) is 0 Å². The van der Waals surface area contributed by atoms with Gasteiger partial charge in [0.15, 0.2) is 0 Å².